The Morgan fingerprint density at radius 2 is 1.92 bits per heavy atom. The van der Waals surface area contributed by atoms with Crippen molar-refractivity contribution in [2.24, 2.45) is 0 Å². The van der Waals surface area contributed by atoms with E-state index < -0.39 is 22.6 Å². The Kier molecular flexibility index (Phi) is 4.19. The van der Waals surface area contributed by atoms with Crippen LogP contribution in [0.1, 0.15) is 11.1 Å². The zero-order chi connectivity index (χ0) is 17.3. The standard InChI is InChI=1S/C17H17NO5S/c1-12-3-2-4-16-15(12)9-10-18(16)24(21,22)14-7-5-13(6-8-14)23-11-17(19)20/h2-8H,9-11H2,1H3,(H,19,20). The summed E-state index contributed by atoms with van der Waals surface area (Å²) < 4.78 is 32.2. The highest BCUT2D eigenvalue weighted by atomic mass is 32.2. The van der Waals surface area contributed by atoms with E-state index in [-0.39, 0.29) is 4.90 Å². The fraction of sp³-hybridized carbons (Fsp3) is 0.235. The Hall–Kier alpha value is -2.54. The minimum absolute atomic E-state index is 0.152. The Labute approximate surface area is 140 Å². The van der Waals surface area contributed by atoms with Gasteiger partial charge < -0.3 is 9.84 Å². The summed E-state index contributed by atoms with van der Waals surface area (Å²) in [6, 6.07) is 11.4. The second kappa shape index (κ2) is 6.16. The SMILES string of the molecule is Cc1cccc2c1CCN2S(=O)(=O)c1ccc(OCC(=O)O)cc1. The molecular formula is C17H17NO5S. The highest BCUT2D eigenvalue weighted by molar-refractivity contribution is 7.92. The van der Waals surface area contributed by atoms with Gasteiger partial charge >= 0.3 is 5.97 Å². The van der Waals surface area contributed by atoms with Crippen molar-refractivity contribution in [3.05, 3.63) is 53.6 Å². The smallest absolute Gasteiger partial charge is 0.341 e. The van der Waals surface area contributed by atoms with E-state index in [2.05, 4.69) is 0 Å². The maximum absolute atomic E-state index is 12.9. The highest BCUT2D eigenvalue weighted by Gasteiger charge is 2.31. The molecule has 0 aromatic heterocycles. The number of fused-ring (bicyclic) bond motifs is 1. The molecule has 1 N–H and O–H groups in total. The van der Waals surface area contributed by atoms with Gasteiger partial charge in [0.15, 0.2) is 6.61 Å². The van der Waals surface area contributed by atoms with Gasteiger partial charge in [0.2, 0.25) is 0 Å². The van der Waals surface area contributed by atoms with Gasteiger partial charge in [-0.1, -0.05) is 12.1 Å². The molecule has 0 amide bonds. The number of anilines is 1. The molecule has 2 aromatic rings. The molecule has 6 nitrogen and oxygen atoms in total. The first-order valence-electron chi connectivity index (χ1n) is 7.45. The van der Waals surface area contributed by atoms with Crippen LogP contribution >= 0.6 is 0 Å². The van der Waals surface area contributed by atoms with E-state index in [1.165, 1.54) is 28.6 Å². The van der Waals surface area contributed by atoms with Crippen LogP contribution in [0.3, 0.4) is 0 Å². The fourth-order valence-electron chi connectivity index (χ4n) is 2.81. The second-order valence-corrected chi connectivity index (χ2v) is 7.42. The monoisotopic (exact) mass is 347 g/mol. The highest BCUT2D eigenvalue weighted by Crippen LogP contribution is 2.34. The van der Waals surface area contributed by atoms with Gasteiger partial charge in [-0.2, -0.15) is 0 Å². The lowest BCUT2D eigenvalue weighted by Crippen LogP contribution is -2.29. The average molecular weight is 347 g/mol. The predicted molar refractivity (Wildman–Crippen MR) is 89.0 cm³/mol. The van der Waals surface area contributed by atoms with Crippen LogP contribution in [0.4, 0.5) is 5.69 Å². The second-order valence-electron chi connectivity index (χ2n) is 5.55. The van der Waals surface area contributed by atoms with Crippen molar-refractivity contribution in [3.8, 4) is 5.75 Å². The quantitative estimate of drug-likeness (QED) is 0.896. The van der Waals surface area contributed by atoms with Crippen molar-refractivity contribution < 1.29 is 23.1 Å². The van der Waals surface area contributed by atoms with Crippen molar-refractivity contribution in [2.45, 2.75) is 18.2 Å². The van der Waals surface area contributed by atoms with Crippen LogP contribution in [0, 0.1) is 6.92 Å². The molecular weight excluding hydrogens is 330 g/mol. The van der Waals surface area contributed by atoms with Gasteiger partial charge in [-0.3, -0.25) is 4.31 Å². The molecule has 126 valence electrons. The Morgan fingerprint density at radius 1 is 1.21 bits per heavy atom. The normalized spacial score (nSPS) is 13.6. The van der Waals surface area contributed by atoms with Crippen LogP contribution in [-0.4, -0.2) is 32.6 Å². The average Bonchev–Trinajstić information content (AvgIpc) is 2.99. The Balaban J connectivity index is 1.87. The first kappa shape index (κ1) is 16.3. The molecule has 0 fully saturated rings. The number of carboxylic acid groups (broad SMARTS) is 1. The third-order valence-electron chi connectivity index (χ3n) is 3.99. The van der Waals surface area contributed by atoms with Gasteiger partial charge in [0.25, 0.3) is 10.0 Å². The van der Waals surface area contributed by atoms with E-state index in [1.54, 1.807) is 0 Å². The van der Waals surface area contributed by atoms with Crippen LogP contribution in [-0.2, 0) is 21.2 Å². The number of carboxylic acids is 1. The van der Waals surface area contributed by atoms with E-state index in [9.17, 15) is 13.2 Å². The predicted octanol–water partition coefficient (Wildman–Crippen LogP) is 2.21. The van der Waals surface area contributed by atoms with Crippen molar-refractivity contribution >= 4 is 21.7 Å². The van der Waals surface area contributed by atoms with E-state index >= 15 is 0 Å². The molecule has 0 saturated heterocycles. The maximum Gasteiger partial charge on any atom is 0.341 e. The van der Waals surface area contributed by atoms with E-state index in [4.69, 9.17) is 9.84 Å². The minimum atomic E-state index is -3.66. The van der Waals surface area contributed by atoms with Crippen LogP contribution in [0.25, 0.3) is 0 Å². The molecule has 0 bridgehead atoms. The minimum Gasteiger partial charge on any atom is -0.482 e. The molecule has 1 heterocycles. The summed E-state index contributed by atoms with van der Waals surface area (Å²) in [5.74, 6) is -0.773. The lowest BCUT2D eigenvalue weighted by Gasteiger charge is -2.20. The number of aryl methyl sites for hydroxylation is 1. The van der Waals surface area contributed by atoms with Gasteiger partial charge in [0, 0.05) is 6.54 Å². The molecule has 24 heavy (non-hydrogen) atoms. The van der Waals surface area contributed by atoms with Crippen molar-refractivity contribution in [1.29, 1.82) is 0 Å². The van der Waals surface area contributed by atoms with Crippen molar-refractivity contribution in [1.82, 2.24) is 0 Å². The molecule has 0 spiro atoms. The number of ether oxygens (including phenoxy) is 1. The fourth-order valence-corrected chi connectivity index (χ4v) is 4.31. The summed E-state index contributed by atoms with van der Waals surface area (Å²) in [6.07, 6.45) is 0.695. The summed E-state index contributed by atoms with van der Waals surface area (Å²) in [7, 11) is -3.66. The lowest BCUT2D eigenvalue weighted by atomic mass is 10.1. The summed E-state index contributed by atoms with van der Waals surface area (Å²) in [5, 5.41) is 8.59. The molecule has 0 radical (unpaired) electrons. The third kappa shape index (κ3) is 2.94. The number of carbonyl (C=O) groups is 1. The number of rotatable bonds is 5. The number of aliphatic carboxylic acids is 1. The molecule has 0 saturated carbocycles. The number of sulfonamides is 1. The molecule has 0 unspecified atom stereocenters. The van der Waals surface area contributed by atoms with Crippen LogP contribution in [0.2, 0.25) is 0 Å². The van der Waals surface area contributed by atoms with E-state index in [0.717, 1.165) is 16.8 Å². The zero-order valence-corrected chi connectivity index (χ0v) is 13.9. The van der Waals surface area contributed by atoms with Gasteiger partial charge in [0.1, 0.15) is 5.75 Å². The number of benzene rings is 2. The summed E-state index contributed by atoms with van der Waals surface area (Å²) in [4.78, 5) is 10.6. The third-order valence-corrected chi connectivity index (χ3v) is 5.82. The maximum atomic E-state index is 12.9. The molecule has 2 aromatic carbocycles. The zero-order valence-electron chi connectivity index (χ0n) is 13.1. The summed E-state index contributed by atoms with van der Waals surface area (Å²) in [5.41, 5.74) is 2.87. The van der Waals surface area contributed by atoms with Crippen LogP contribution in [0.5, 0.6) is 5.75 Å². The molecule has 1 aliphatic heterocycles. The number of nitrogens with zero attached hydrogens (tertiary/aromatic N) is 1. The van der Waals surface area contributed by atoms with Gasteiger partial charge in [-0.05, 0) is 54.8 Å². The van der Waals surface area contributed by atoms with E-state index in [0.29, 0.717) is 18.7 Å². The van der Waals surface area contributed by atoms with Crippen LogP contribution < -0.4 is 9.04 Å². The molecule has 0 atom stereocenters. The van der Waals surface area contributed by atoms with E-state index in [1.807, 2.05) is 25.1 Å². The number of hydrogen-bond donors (Lipinski definition) is 1. The topological polar surface area (TPSA) is 83.9 Å². The Morgan fingerprint density at radius 3 is 2.58 bits per heavy atom. The van der Waals surface area contributed by atoms with Gasteiger partial charge in [0.05, 0.1) is 10.6 Å². The van der Waals surface area contributed by atoms with Crippen molar-refractivity contribution in [3.63, 3.8) is 0 Å². The molecule has 3 rings (SSSR count). The first-order chi connectivity index (χ1) is 11.4. The van der Waals surface area contributed by atoms with Crippen molar-refractivity contribution in [2.75, 3.05) is 17.5 Å². The summed E-state index contributed by atoms with van der Waals surface area (Å²) >= 11 is 0. The Bertz CT molecular complexity index is 874. The largest absolute Gasteiger partial charge is 0.482 e. The number of hydrogen-bond acceptors (Lipinski definition) is 4. The van der Waals surface area contributed by atoms with Gasteiger partial charge in [-0.15, -0.1) is 0 Å². The molecule has 1 aliphatic rings. The first-order valence-corrected chi connectivity index (χ1v) is 8.89. The molecule has 7 heteroatoms. The summed E-state index contributed by atoms with van der Waals surface area (Å²) in [6.45, 7) is 1.92. The lowest BCUT2D eigenvalue weighted by molar-refractivity contribution is -0.139. The molecule has 0 aliphatic carbocycles. The van der Waals surface area contributed by atoms with Gasteiger partial charge in [-0.25, -0.2) is 13.2 Å². The van der Waals surface area contributed by atoms with Crippen LogP contribution in [0.15, 0.2) is 47.4 Å².